The van der Waals surface area contributed by atoms with E-state index >= 15 is 0 Å². The topological polar surface area (TPSA) is 51.2 Å². The zero-order chi connectivity index (χ0) is 19.6. The van der Waals surface area contributed by atoms with Crippen molar-refractivity contribution in [3.63, 3.8) is 0 Å². The van der Waals surface area contributed by atoms with Crippen LogP contribution in [0.5, 0.6) is 5.75 Å². The number of halogens is 1. The number of thioether (sulfide) groups is 1. The van der Waals surface area contributed by atoms with Crippen molar-refractivity contribution >= 4 is 23.4 Å². The van der Waals surface area contributed by atoms with E-state index in [0.29, 0.717) is 24.5 Å². The normalized spacial score (nSPS) is 10.5. The van der Waals surface area contributed by atoms with Crippen LogP contribution in [0.1, 0.15) is 17.7 Å². The van der Waals surface area contributed by atoms with Gasteiger partial charge in [0.2, 0.25) is 5.91 Å². The minimum atomic E-state index is -0.272. The fourth-order valence-electron chi connectivity index (χ4n) is 2.46. The third-order valence-corrected chi connectivity index (χ3v) is 4.88. The number of hydrogen-bond acceptors (Lipinski definition) is 4. The fraction of sp³-hybridized carbons (Fsp3) is 0.182. The monoisotopic (exact) mass is 396 g/mol. The van der Waals surface area contributed by atoms with Gasteiger partial charge in [0.05, 0.1) is 5.69 Å². The van der Waals surface area contributed by atoms with Gasteiger partial charge in [0, 0.05) is 35.9 Å². The Hall–Kier alpha value is -2.86. The lowest BCUT2D eigenvalue weighted by molar-refractivity contribution is -0.115. The molecule has 6 heteroatoms. The van der Waals surface area contributed by atoms with E-state index in [1.165, 1.54) is 12.1 Å². The van der Waals surface area contributed by atoms with Crippen molar-refractivity contribution in [1.29, 1.82) is 0 Å². The molecule has 0 spiro atoms. The Morgan fingerprint density at radius 3 is 2.71 bits per heavy atom. The van der Waals surface area contributed by atoms with Gasteiger partial charge in [-0.2, -0.15) is 11.8 Å². The third-order valence-electron chi connectivity index (χ3n) is 3.89. The fourth-order valence-corrected chi connectivity index (χ4v) is 3.31. The minimum absolute atomic E-state index is 0.0378. The number of rotatable bonds is 9. The quantitative estimate of drug-likeness (QED) is 0.514. The average Bonchev–Trinajstić information content (AvgIpc) is 2.72. The number of carbonyl (C=O) groups is 1. The lowest BCUT2D eigenvalue weighted by Crippen LogP contribution is -2.12. The lowest BCUT2D eigenvalue weighted by Gasteiger charge is -2.09. The van der Waals surface area contributed by atoms with Crippen molar-refractivity contribution in [3.05, 3.63) is 90.0 Å². The molecule has 144 valence electrons. The Morgan fingerprint density at radius 2 is 1.93 bits per heavy atom. The van der Waals surface area contributed by atoms with E-state index in [2.05, 4.69) is 10.3 Å². The molecule has 0 saturated heterocycles. The molecule has 0 aliphatic heterocycles. The van der Waals surface area contributed by atoms with Gasteiger partial charge in [-0.3, -0.25) is 9.78 Å². The predicted molar refractivity (Wildman–Crippen MR) is 111 cm³/mol. The molecule has 1 N–H and O–H groups in total. The average molecular weight is 396 g/mol. The first-order chi connectivity index (χ1) is 13.7. The maximum Gasteiger partial charge on any atom is 0.225 e. The second-order valence-corrected chi connectivity index (χ2v) is 7.22. The number of nitrogens with zero attached hydrogens (tertiary/aromatic N) is 1. The maximum absolute atomic E-state index is 12.9. The smallest absolute Gasteiger partial charge is 0.225 e. The van der Waals surface area contributed by atoms with E-state index in [1.807, 2.05) is 36.4 Å². The molecular formula is C22H21FN2O2S. The summed E-state index contributed by atoms with van der Waals surface area (Å²) in [6.45, 7) is 0.335. The van der Waals surface area contributed by atoms with Crippen LogP contribution in [0.25, 0.3) is 0 Å². The summed E-state index contributed by atoms with van der Waals surface area (Å²) in [5, 5.41) is 2.89. The standard InChI is InChI=1S/C22H21FN2O2S/c23-18-9-7-17(8-10-18)15-27-21-6-3-5-19(14-21)25-22(26)11-13-28-16-20-4-1-2-12-24-20/h1-10,12,14H,11,13,15-16H2,(H,25,26). The molecule has 1 amide bonds. The number of carbonyl (C=O) groups excluding carboxylic acids is 1. The molecule has 0 bridgehead atoms. The minimum Gasteiger partial charge on any atom is -0.489 e. The van der Waals surface area contributed by atoms with Crippen molar-refractivity contribution in [3.8, 4) is 5.75 Å². The summed E-state index contributed by atoms with van der Waals surface area (Å²) in [5.41, 5.74) is 2.58. The van der Waals surface area contributed by atoms with Crippen LogP contribution in [-0.2, 0) is 17.2 Å². The van der Waals surface area contributed by atoms with Gasteiger partial charge in [-0.25, -0.2) is 4.39 Å². The highest BCUT2D eigenvalue weighted by molar-refractivity contribution is 7.98. The molecule has 0 fully saturated rings. The van der Waals surface area contributed by atoms with E-state index in [0.717, 1.165) is 22.8 Å². The first-order valence-electron chi connectivity index (χ1n) is 8.94. The zero-order valence-electron chi connectivity index (χ0n) is 15.3. The van der Waals surface area contributed by atoms with Crippen molar-refractivity contribution in [1.82, 2.24) is 4.98 Å². The van der Waals surface area contributed by atoms with Gasteiger partial charge >= 0.3 is 0 Å². The summed E-state index contributed by atoms with van der Waals surface area (Å²) >= 11 is 1.68. The van der Waals surface area contributed by atoms with Gasteiger partial charge in [-0.15, -0.1) is 0 Å². The Morgan fingerprint density at radius 1 is 1.07 bits per heavy atom. The van der Waals surface area contributed by atoms with E-state index in [1.54, 1.807) is 36.2 Å². The van der Waals surface area contributed by atoms with Gasteiger partial charge in [0.1, 0.15) is 18.2 Å². The van der Waals surface area contributed by atoms with Crippen LogP contribution < -0.4 is 10.1 Å². The Kier molecular flexibility index (Phi) is 7.44. The predicted octanol–water partition coefficient (Wildman–Crippen LogP) is 5.06. The number of hydrogen-bond donors (Lipinski definition) is 1. The number of amides is 1. The largest absolute Gasteiger partial charge is 0.489 e. The molecule has 0 aliphatic carbocycles. The van der Waals surface area contributed by atoms with Crippen LogP contribution in [0.4, 0.5) is 10.1 Å². The Balaban J connectivity index is 1.41. The SMILES string of the molecule is O=C(CCSCc1ccccn1)Nc1cccc(OCc2ccc(F)cc2)c1. The zero-order valence-corrected chi connectivity index (χ0v) is 16.1. The van der Waals surface area contributed by atoms with Gasteiger partial charge in [-0.1, -0.05) is 24.3 Å². The first-order valence-corrected chi connectivity index (χ1v) is 10.1. The molecule has 0 atom stereocenters. The van der Waals surface area contributed by atoms with Crippen molar-refractivity contribution in [2.45, 2.75) is 18.8 Å². The van der Waals surface area contributed by atoms with Crippen LogP contribution in [0.3, 0.4) is 0 Å². The molecular weight excluding hydrogens is 375 g/mol. The molecule has 0 saturated carbocycles. The summed E-state index contributed by atoms with van der Waals surface area (Å²) in [6, 6.07) is 19.2. The number of benzene rings is 2. The van der Waals surface area contributed by atoms with E-state index < -0.39 is 0 Å². The molecule has 28 heavy (non-hydrogen) atoms. The number of aromatic nitrogens is 1. The van der Waals surface area contributed by atoms with Crippen LogP contribution in [-0.4, -0.2) is 16.6 Å². The second-order valence-electron chi connectivity index (χ2n) is 6.11. The third kappa shape index (κ3) is 6.70. The van der Waals surface area contributed by atoms with Crippen molar-refractivity contribution < 1.29 is 13.9 Å². The molecule has 4 nitrogen and oxygen atoms in total. The van der Waals surface area contributed by atoms with Crippen molar-refractivity contribution in [2.75, 3.05) is 11.1 Å². The maximum atomic E-state index is 12.9. The summed E-state index contributed by atoms with van der Waals surface area (Å²) < 4.78 is 18.7. The highest BCUT2D eigenvalue weighted by Crippen LogP contribution is 2.19. The lowest BCUT2D eigenvalue weighted by atomic mass is 10.2. The number of pyridine rings is 1. The number of ether oxygens (including phenoxy) is 1. The van der Waals surface area contributed by atoms with Gasteiger partial charge in [-0.05, 0) is 42.0 Å². The molecule has 1 heterocycles. The number of anilines is 1. The first kappa shape index (κ1) is 19.9. The summed E-state index contributed by atoms with van der Waals surface area (Å²) in [4.78, 5) is 16.4. The molecule has 2 aromatic carbocycles. The summed E-state index contributed by atoms with van der Waals surface area (Å²) in [6.07, 6.45) is 2.20. The summed E-state index contributed by atoms with van der Waals surface area (Å²) in [7, 11) is 0. The van der Waals surface area contributed by atoms with Crippen LogP contribution in [0.2, 0.25) is 0 Å². The second kappa shape index (κ2) is 10.5. The Bertz CT molecular complexity index is 889. The van der Waals surface area contributed by atoms with Gasteiger partial charge < -0.3 is 10.1 Å². The van der Waals surface area contributed by atoms with Crippen molar-refractivity contribution in [2.24, 2.45) is 0 Å². The molecule has 3 rings (SSSR count). The highest BCUT2D eigenvalue weighted by atomic mass is 32.2. The molecule has 1 aromatic heterocycles. The number of nitrogens with one attached hydrogen (secondary N) is 1. The van der Waals surface area contributed by atoms with E-state index in [4.69, 9.17) is 4.74 Å². The van der Waals surface area contributed by atoms with E-state index in [-0.39, 0.29) is 11.7 Å². The van der Waals surface area contributed by atoms with Gasteiger partial charge in [0.25, 0.3) is 0 Å². The Labute approximate surface area is 168 Å². The molecule has 0 aliphatic rings. The molecule has 3 aromatic rings. The summed E-state index contributed by atoms with van der Waals surface area (Å²) in [5.74, 6) is 1.85. The van der Waals surface area contributed by atoms with Crippen LogP contribution >= 0.6 is 11.8 Å². The highest BCUT2D eigenvalue weighted by Gasteiger charge is 2.05. The van der Waals surface area contributed by atoms with Gasteiger partial charge in [0.15, 0.2) is 0 Å². The van der Waals surface area contributed by atoms with Crippen LogP contribution in [0, 0.1) is 5.82 Å². The molecule has 0 radical (unpaired) electrons. The van der Waals surface area contributed by atoms with E-state index in [9.17, 15) is 9.18 Å². The molecule has 0 unspecified atom stereocenters. The van der Waals surface area contributed by atoms with Crippen LogP contribution in [0.15, 0.2) is 72.9 Å².